The molecule has 0 bridgehead atoms. The van der Waals surface area contributed by atoms with E-state index < -0.39 is 22.4 Å². The van der Waals surface area contributed by atoms with E-state index in [9.17, 15) is 23.3 Å². The van der Waals surface area contributed by atoms with Crippen LogP contribution in [-0.2, 0) is 6.18 Å². The van der Waals surface area contributed by atoms with Crippen LogP contribution in [0.25, 0.3) is 10.2 Å². The average molecular weight is 263 g/mol. The average Bonchev–Trinajstić information content (AvgIpc) is 2.54. The lowest BCUT2D eigenvalue weighted by Gasteiger charge is -2.06. The van der Waals surface area contributed by atoms with Crippen LogP contribution in [0.2, 0.25) is 0 Å². The molecule has 9 heteroatoms. The van der Waals surface area contributed by atoms with Crippen molar-refractivity contribution in [3.63, 3.8) is 0 Å². The number of rotatable bonds is 1. The molecule has 0 amide bonds. The Morgan fingerprint density at radius 1 is 1.41 bits per heavy atom. The second-order valence-corrected chi connectivity index (χ2v) is 4.18. The number of nitrogens with two attached hydrogens (primary N) is 1. The minimum Gasteiger partial charge on any atom is -0.375 e. The Bertz CT molecular complexity index is 608. The zero-order valence-corrected chi connectivity index (χ0v) is 8.80. The number of alkyl halides is 3. The number of thiazole rings is 1. The molecule has 2 aromatic rings. The van der Waals surface area contributed by atoms with Crippen molar-refractivity contribution in [1.29, 1.82) is 0 Å². The number of hydrogen-bond acceptors (Lipinski definition) is 5. The summed E-state index contributed by atoms with van der Waals surface area (Å²) in [6.45, 7) is 0. The fraction of sp³-hybridized carbons (Fsp3) is 0.125. The van der Waals surface area contributed by atoms with Gasteiger partial charge >= 0.3 is 6.18 Å². The predicted octanol–water partition coefficient (Wildman–Crippen LogP) is 2.81. The molecule has 90 valence electrons. The van der Waals surface area contributed by atoms with E-state index in [1.54, 1.807) is 0 Å². The number of anilines is 1. The van der Waals surface area contributed by atoms with Gasteiger partial charge in [-0.25, -0.2) is 4.98 Å². The minimum atomic E-state index is -4.68. The van der Waals surface area contributed by atoms with Crippen LogP contribution < -0.4 is 5.73 Å². The standard InChI is InChI=1S/C8H4F3N3O2S/c9-8(10,11)4-1-3(14(15)16)2-5-6(4)17-7(12)13-5/h1-2H,(H2,12,13). The van der Waals surface area contributed by atoms with Gasteiger partial charge in [0.05, 0.1) is 20.7 Å². The molecule has 0 fully saturated rings. The van der Waals surface area contributed by atoms with Crippen molar-refractivity contribution < 1.29 is 18.1 Å². The fourth-order valence-corrected chi connectivity index (χ4v) is 2.20. The van der Waals surface area contributed by atoms with Gasteiger partial charge in [-0.1, -0.05) is 11.3 Å². The van der Waals surface area contributed by atoms with Crippen LogP contribution in [0.1, 0.15) is 5.56 Å². The number of halogens is 3. The molecule has 2 rings (SSSR count). The lowest BCUT2D eigenvalue weighted by atomic mass is 10.2. The highest BCUT2D eigenvalue weighted by Gasteiger charge is 2.35. The second kappa shape index (κ2) is 3.55. The molecule has 0 aliphatic rings. The monoisotopic (exact) mass is 263 g/mol. The van der Waals surface area contributed by atoms with E-state index >= 15 is 0 Å². The Morgan fingerprint density at radius 3 is 2.59 bits per heavy atom. The van der Waals surface area contributed by atoms with E-state index in [-0.39, 0.29) is 15.3 Å². The highest BCUT2D eigenvalue weighted by molar-refractivity contribution is 7.22. The summed E-state index contributed by atoms with van der Waals surface area (Å²) in [4.78, 5) is 13.2. The number of non-ortho nitro benzene ring substituents is 1. The molecule has 1 aromatic heterocycles. The molecule has 0 saturated carbocycles. The van der Waals surface area contributed by atoms with Gasteiger partial charge in [-0.15, -0.1) is 0 Å². The topological polar surface area (TPSA) is 82.0 Å². The number of aromatic nitrogens is 1. The van der Waals surface area contributed by atoms with Crippen molar-refractivity contribution >= 4 is 32.4 Å². The summed E-state index contributed by atoms with van der Waals surface area (Å²) >= 11 is 0.650. The lowest BCUT2D eigenvalue weighted by Crippen LogP contribution is -2.05. The minimum absolute atomic E-state index is 0.0639. The van der Waals surface area contributed by atoms with Crippen molar-refractivity contribution in [2.45, 2.75) is 6.18 Å². The number of nitrogen functional groups attached to an aromatic ring is 1. The number of hydrogen-bond donors (Lipinski definition) is 1. The summed E-state index contributed by atoms with van der Waals surface area (Å²) in [7, 11) is 0. The number of fused-ring (bicyclic) bond motifs is 1. The van der Waals surface area contributed by atoms with E-state index in [0.29, 0.717) is 17.4 Å². The molecular formula is C8H4F3N3O2S. The van der Waals surface area contributed by atoms with Gasteiger partial charge in [-0.2, -0.15) is 13.2 Å². The Balaban J connectivity index is 2.82. The summed E-state index contributed by atoms with van der Waals surface area (Å²) in [5.74, 6) is 0. The molecule has 5 nitrogen and oxygen atoms in total. The highest BCUT2D eigenvalue weighted by atomic mass is 32.1. The molecule has 1 aromatic carbocycles. The first-order valence-electron chi connectivity index (χ1n) is 4.20. The third kappa shape index (κ3) is 2.00. The molecule has 17 heavy (non-hydrogen) atoms. The van der Waals surface area contributed by atoms with Crippen LogP contribution in [-0.4, -0.2) is 9.91 Å². The first-order valence-corrected chi connectivity index (χ1v) is 5.02. The number of nitro groups is 1. The smallest absolute Gasteiger partial charge is 0.375 e. The molecule has 0 spiro atoms. The molecule has 0 radical (unpaired) electrons. The van der Waals surface area contributed by atoms with Gasteiger partial charge in [0, 0.05) is 12.1 Å². The van der Waals surface area contributed by atoms with Gasteiger partial charge in [0.2, 0.25) is 0 Å². The second-order valence-electron chi connectivity index (χ2n) is 3.15. The summed E-state index contributed by atoms with van der Waals surface area (Å²) in [5.41, 5.74) is 3.44. The van der Waals surface area contributed by atoms with Gasteiger partial charge < -0.3 is 5.73 Å². The van der Waals surface area contributed by atoms with E-state index in [4.69, 9.17) is 5.73 Å². The van der Waals surface area contributed by atoms with Crippen LogP contribution in [0.3, 0.4) is 0 Å². The van der Waals surface area contributed by atoms with E-state index in [2.05, 4.69) is 4.98 Å². The summed E-state index contributed by atoms with van der Waals surface area (Å²) in [6.07, 6.45) is -4.68. The normalized spacial score (nSPS) is 11.9. The van der Waals surface area contributed by atoms with E-state index in [1.165, 1.54) is 0 Å². The maximum Gasteiger partial charge on any atom is 0.418 e. The molecule has 2 N–H and O–H groups in total. The van der Waals surface area contributed by atoms with Crippen molar-refractivity contribution in [2.24, 2.45) is 0 Å². The maximum atomic E-state index is 12.7. The number of nitro benzene ring substituents is 1. The molecule has 0 aliphatic carbocycles. The maximum absolute atomic E-state index is 12.7. The molecular weight excluding hydrogens is 259 g/mol. The fourth-order valence-electron chi connectivity index (χ4n) is 1.35. The first-order chi connectivity index (χ1) is 7.79. The quantitative estimate of drug-likeness (QED) is 0.633. The van der Waals surface area contributed by atoms with E-state index in [0.717, 1.165) is 6.07 Å². The molecule has 0 unspecified atom stereocenters. The zero-order chi connectivity index (χ0) is 12.8. The Kier molecular flexibility index (Phi) is 2.42. The third-order valence-corrected chi connectivity index (χ3v) is 2.94. The van der Waals surface area contributed by atoms with Crippen LogP contribution in [0.4, 0.5) is 24.0 Å². The lowest BCUT2D eigenvalue weighted by molar-refractivity contribution is -0.385. The largest absolute Gasteiger partial charge is 0.418 e. The van der Waals surface area contributed by atoms with Gasteiger partial charge in [0.1, 0.15) is 0 Å². The SMILES string of the molecule is Nc1nc2cc([N+](=O)[O-])cc(C(F)(F)F)c2s1. The molecule has 0 saturated heterocycles. The number of nitrogens with zero attached hydrogens (tertiary/aromatic N) is 2. The van der Waals surface area contributed by atoms with Crippen molar-refractivity contribution in [1.82, 2.24) is 4.98 Å². The van der Waals surface area contributed by atoms with Gasteiger partial charge in [-0.3, -0.25) is 10.1 Å². The Hall–Kier alpha value is -1.90. The predicted molar refractivity (Wildman–Crippen MR) is 55.7 cm³/mol. The first kappa shape index (κ1) is 11.6. The summed E-state index contributed by atoms with van der Waals surface area (Å²) in [6, 6.07) is 1.46. The summed E-state index contributed by atoms with van der Waals surface area (Å²) < 4.78 is 37.9. The van der Waals surface area contributed by atoms with E-state index in [1.807, 2.05) is 0 Å². The number of benzene rings is 1. The van der Waals surface area contributed by atoms with Crippen LogP contribution >= 0.6 is 11.3 Å². The van der Waals surface area contributed by atoms with Crippen molar-refractivity contribution in [3.05, 3.63) is 27.8 Å². The highest BCUT2D eigenvalue weighted by Crippen LogP contribution is 2.40. The third-order valence-electron chi connectivity index (χ3n) is 2.01. The van der Waals surface area contributed by atoms with Crippen molar-refractivity contribution in [3.8, 4) is 0 Å². The zero-order valence-electron chi connectivity index (χ0n) is 7.99. The Morgan fingerprint density at radius 2 is 2.06 bits per heavy atom. The molecule has 0 atom stereocenters. The van der Waals surface area contributed by atoms with Crippen molar-refractivity contribution in [2.75, 3.05) is 5.73 Å². The van der Waals surface area contributed by atoms with Crippen LogP contribution in [0, 0.1) is 10.1 Å². The van der Waals surface area contributed by atoms with Crippen LogP contribution in [0.5, 0.6) is 0 Å². The van der Waals surface area contributed by atoms with Crippen LogP contribution in [0.15, 0.2) is 12.1 Å². The van der Waals surface area contributed by atoms with Gasteiger partial charge in [-0.05, 0) is 0 Å². The van der Waals surface area contributed by atoms with Gasteiger partial charge in [0.15, 0.2) is 5.13 Å². The van der Waals surface area contributed by atoms with Gasteiger partial charge in [0.25, 0.3) is 5.69 Å². The summed E-state index contributed by atoms with van der Waals surface area (Å²) in [5, 5.41) is 10.4. The Labute approximate surface area is 95.8 Å². The molecule has 0 aliphatic heterocycles. The molecule has 1 heterocycles.